The third kappa shape index (κ3) is 4.43. The standard InChI is InChI=1S/C21H17NO5/c1-26-15-8-5-9-16(12-15)27-17-10-11-18(21(24)25)19(13-17)22-20(23)14-6-3-2-4-7-14/h2-13H,1H3,(H,22,23)(H,24,25). The third-order valence-corrected chi connectivity index (χ3v) is 3.78. The highest BCUT2D eigenvalue weighted by atomic mass is 16.5. The minimum absolute atomic E-state index is 0.0303. The number of ether oxygens (including phenoxy) is 2. The van der Waals surface area contributed by atoms with Crippen LogP contribution in [-0.4, -0.2) is 24.1 Å². The Balaban J connectivity index is 1.88. The molecule has 0 bridgehead atoms. The minimum atomic E-state index is -1.15. The number of hydrogen-bond acceptors (Lipinski definition) is 4. The number of amides is 1. The molecule has 0 aromatic heterocycles. The predicted molar refractivity (Wildman–Crippen MR) is 101 cm³/mol. The number of carboxylic acid groups (broad SMARTS) is 1. The molecule has 0 unspecified atom stereocenters. The van der Waals surface area contributed by atoms with Gasteiger partial charge in [-0.2, -0.15) is 0 Å². The molecule has 0 fully saturated rings. The van der Waals surface area contributed by atoms with Gasteiger partial charge in [0.15, 0.2) is 0 Å². The molecule has 0 saturated carbocycles. The summed E-state index contributed by atoms with van der Waals surface area (Å²) in [5.74, 6) is -0.00967. The molecule has 3 aromatic rings. The Morgan fingerprint density at radius 3 is 2.26 bits per heavy atom. The number of carboxylic acids is 1. The fraction of sp³-hybridized carbons (Fsp3) is 0.0476. The molecule has 6 heteroatoms. The number of hydrogen-bond donors (Lipinski definition) is 2. The van der Waals surface area contributed by atoms with E-state index in [1.165, 1.54) is 18.2 Å². The van der Waals surface area contributed by atoms with Gasteiger partial charge in [-0.25, -0.2) is 4.79 Å². The van der Waals surface area contributed by atoms with E-state index in [1.54, 1.807) is 61.7 Å². The monoisotopic (exact) mass is 363 g/mol. The summed E-state index contributed by atoms with van der Waals surface area (Å²) in [5.41, 5.74) is 0.543. The molecule has 136 valence electrons. The maximum absolute atomic E-state index is 12.4. The van der Waals surface area contributed by atoms with Crippen LogP contribution >= 0.6 is 0 Å². The topological polar surface area (TPSA) is 84.9 Å². The van der Waals surface area contributed by atoms with Crippen molar-refractivity contribution in [2.75, 3.05) is 12.4 Å². The summed E-state index contributed by atoms with van der Waals surface area (Å²) in [4.78, 5) is 23.9. The summed E-state index contributed by atoms with van der Waals surface area (Å²) >= 11 is 0. The van der Waals surface area contributed by atoms with E-state index in [0.29, 0.717) is 22.8 Å². The second-order valence-corrected chi connectivity index (χ2v) is 5.61. The quantitative estimate of drug-likeness (QED) is 0.676. The zero-order valence-corrected chi connectivity index (χ0v) is 14.5. The Kier molecular flexibility index (Phi) is 5.37. The second kappa shape index (κ2) is 8.05. The van der Waals surface area contributed by atoms with Crippen molar-refractivity contribution in [3.05, 3.63) is 83.9 Å². The van der Waals surface area contributed by atoms with Crippen LogP contribution < -0.4 is 14.8 Å². The molecule has 0 saturated heterocycles. The highest BCUT2D eigenvalue weighted by Crippen LogP contribution is 2.29. The molecular formula is C21H17NO5. The summed E-state index contributed by atoms with van der Waals surface area (Å²) in [7, 11) is 1.55. The van der Waals surface area contributed by atoms with Gasteiger partial charge in [0.2, 0.25) is 0 Å². The smallest absolute Gasteiger partial charge is 0.337 e. The molecule has 0 heterocycles. The molecule has 0 atom stereocenters. The Morgan fingerprint density at radius 1 is 0.852 bits per heavy atom. The largest absolute Gasteiger partial charge is 0.497 e. The second-order valence-electron chi connectivity index (χ2n) is 5.61. The zero-order chi connectivity index (χ0) is 19.2. The number of nitrogens with one attached hydrogen (secondary N) is 1. The molecule has 6 nitrogen and oxygen atoms in total. The maximum Gasteiger partial charge on any atom is 0.337 e. The van der Waals surface area contributed by atoms with Crippen molar-refractivity contribution in [1.29, 1.82) is 0 Å². The van der Waals surface area contributed by atoms with E-state index in [4.69, 9.17) is 9.47 Å². The average molecular weight is 363 g/mol. The van der Waals surface area contributed by atoms with Gasteiger partial charge in [0, 0.05) is 17.7 Å². The molecule has 0 aliphatic rings. The van der Waals surface area contributed by atoms with E-state index in [1.807, 2.05) is 0 Å². The van der Waals surface area contributed by atoms with Gasteiger partial charge in [-0.1, -0.05) is 24.3 Å². The number of anilines is 1. The first kappa shape index (κ1) is 18.0. The van der Waals surface area contributed by atoms with Crippen LogP contribution in [0.3, 0.4) is 0 Å². The molecule has 1 amide bonds. The highest BCUT2D eigenvalue weighted by Gasteiger charge is 2.15. The van der Waals surface area contributed by atoms with Crippen molar-refractivity contribution in [3.8, 4) is 17.2 Å². The average Bonchev–Trinajstić information content (AvgIpc) is 2.68. The van der Waals surface area contributed by atoms with Crippen LogP contribution in [0.25, 0.3) is 0 Å². The highest BCUT2D eigenvalue weighted by molar-refractivity contribution is 6.07. The van der Waals surface area contributed by atoms with E-state index in [9.17, 15) is 14.7 Å². The van der Waals surface area contributed by atoms with Crippen LogP contribution in [0.2, 0.25) is 0 Å². The number of aromatic carboxylic acids is 1. The summed E-state index contributed by atoms with van der Waals surface area (Å²) in [6, 6.07) is 19.9. The van der Waals surface area contributed by atoms with Crippen LogP contribution in [0.4, 0.5) is 5.69 Å². The number of rotatable bonds is 6. The number of carbonyl (C=O) groups excluding carboxylic acids is 1. The fourth-order valence-electron chi connectivity index (χ4n) is 2.46. The Labute approximate surface area is 156 Å². The molecule has 0 spiro atoms. The molecule has 2 N–H and O–H groups in total. The summed E-state index contributed by atoms with van der Waals surface area (Å²) in [6.45, 7) is 0. The first-order chi connectivity index (χ1) is 13.1. The van der Waals surface area contributed by atoms with Crippen molar-refractivity contribution in [2.24, 2.45) is 0 Å². The maximum atomic E-state index is 12.4. The number of carbonyl (C=O) groups is 2. The molecule has 0 aliphatic heterocycles. The third-order valence-electron chi connectivity index (χ3n) is 3.78. The van der Waals surface area contributed by atoms with Gasteiger partial charge in [-0.3, -0.25) is 4.79 Å². The lowest BCUT2D eigenvalue weighted by Gasteiger charge is -2.12. The zero-order valence-electron chi connectivity index (χ0n) is 14.5. The Morgan fingerprint density at radius 2 is 1.56 bits per heavy atom. The summed E-state index contributed by atoms with van der Waals surface area (Å²) in [6.07, 6.45) is 0. The summed E-state index contributed by atoms with van der Waals surface area (Å²) < 4.78 is 10.9. The fourth-order valence-corrected chi connectivity index (χ4v) is 2.46. The number of methoxy groups -OCH3 is 1. The Hall–Kier alpha value is -3.80. The normalized spacial score (nSPS) is 10.1. The van der Waals surface area contributed by atoms with Gasteiger partial charge >= 0.3 is 5.97 Å². The van der Waals surface area contributed by atoms with Gasteiger partial charge in [0.25, 0.3) is 5.91 Å². The lowest BCUT2D eigenvalue weighted by atomic mass is 10.1. The van der Waals surface area contributed by atoms with Gasteiger partial charge in [-0.15, -0.1) is 0 Å². The first-order valence-electron chi connectivity index (χ1n) is 8.12. The first-order valence-corrected chi connectivity index (χ1v) is 8.12. The van der Waals surface area contributed by atoms with E-state index in [-0.39, 0.29) is 11.3 Å². The van der Waals surface area contributed by atoms with Gasteiger partial charge in [0.1, 0.15) is 17.2 Å². The van der Waals surface area contributed by atoms with Gasteiger partial charge in [0.05, 0.1) is 18.4 Å². The molecule has 3 rings (SSSR count). The molecule has 3 aromatic carbocycles. The van der Waals surface area contributed by atoms with Crippen LogP contribution in [0.1, 0.15) is 20.7 Å². The van der Waals surface area contributed by atoms with Gasteiger partial charge in [-0.05, 0) is 36.4 Å². The van der Waals surface area contributed by atoms with Crippen molar-refractivity contribution in [2.45, 2.75) is 0 Å². The van der Waals surface area contributed by atoms with Crippen molar-refractivity contribution < 1.29 is 24.2 Å². The van der Waals surface area contributed by atoms with E-state index in [0.717, 1.165) is 0 Å². The van der Waals surface area contributed by atoms with Crippen molar-refractivity contribution in [3.63, 3.8) is 0 Å². The SMILES string of the molecule is COc1cccc(Oc2ccc(C(=O)O)c(NC(=O)c3ccccc3)c2)c1. The van der Waals surface area contributed by atoms with E-state index in [2.05, 4.69) is 5.32 Å². The van der Waals surface area contributed by atoms with E-state index >= 15 is 0 Å². The van der Waals surface area contributed by atoms with Gasteiger partial charge < -0.3 is 19.9 Å². The molecule has 0 radical (unpaired) electrons. The predicted octanol–water partition coefficient (Wildman–Crippen LogP) is 4.44. The molecule has 0 aliphatic carbocycles. The molecular weight excluding hydrogens is 346 g/mol. The number of benzene rings is 3. The molecule has 27 heavy (non-hydrogen) atoms. The van der Waals surface area contributed by atoms with Crippen LogP contribution in [0, 0.1) is 0 Å². The van der Waals surface area contributed by atoms with Crippen molar-refractivity contribution in [1.82, 2.24) is 0 Å². The lowest BCUT2D eigenvalue weighted by molar-refractivity contribution is 0.0698. The van der Waals surface area contributed by atoms with Crippen molar-refractivity contribution >= 4 is 17.6 Å². The van der Waals surface area contributed by atoms with E-state index < -0.39 is 11.9 Å². The lowest BCUT2D eigenvalue weighted by Crippen LogP contribution is -2.14. The van der Waals surface area contributed by atoms with Crippen LogP contribution in [-0.2, 0) is 0 Å². The minimum Gasteiger partial charge on any atom is -0.497 e. The van der Waals surface area contributed by atoms with Crippen LogP contribution in [0.5, 0.6) is 17.2 Å². The van der Waals surface area contributed by atoms with Crippen LogP contribution in [0.15, 0.2) is 72.8 Å². The Bertz CT molecular complexity index is 969. The summed E-state index contributed by atoms with van der Waals surface area (Å²) in [5, 5.41) is 12.0.